The third kappa shape index (κ3) is 4.54. The Morgan fingerprint density at radius 1 is 0.588 bits per heavy atom. The number of sulfonamides is 2. The van der Waals surface area contributed by atoms with Gasteiger partial charge >= 0.3 is 0 Å². The van der Waals surface area contributed by atoms with Gasteiger partial charge in [0.25, 0.3) is 0 Å². The fourth-order valence-electron chi connectivity index (χ4n) is 4.48. The Bertz CT molecular complexity index is 1430. The Balaban J connectivity index is 1.27. The third-order valence-corrected chi connectivity index (χ3v) is 9.25. The molecule has 0 bridgehead atoms. The van der Waals surface area contributed by atoms with Gasteiger partial charge in [-0.3, -0.25) is 9.97 Å². The minimum atomic E-state index is -3.77. The van der Waals surface area contributed by atoms with Crippen molar-refractivity contribution in [1.82, 2.24) is 19.4 Å². The summed E-state index contributed by atoms with van der Waals surface area (Å²) in [6.45, 7) is 0. The Hall–Kier alpha value is -2.92. The standard InChI is InChI=1S/C24H24N4O4S2/c29-33(30,21-9-1-5-17-7-3-15-25-23(17)21)27-19-11-13-20(14-12-19)28-34(31,32)22-10-2-6-18-8-4-16-26-24(18)22/h1-10,15-16,19-20,27-28H,11-14H2. The highest BCUT2D eigenvalue weighted by Gasteiger charge is 2.30. The van der Waals surface area contributed by atoms with Gasteiger partial charge in [0, 0.05) is 35.2 Å². The molecule has 2 N–H and O–H groups in total. The van der Waals surface area contributed by atoms with Crippen molar-refractivity contribution in [2.45, 2.75) is 47.6 Å². The summed E-state index contributed by atoms with van der Waals surface area (Å²) in [5.74, 6) is 0. The maximum atomic E-state index is 13.1. The lowest BCUT2D eigenvalue weighted by atomic mass is 9.92. The van der Waals surface area contributed by atoms with E-state index in [1.54, 1.807) is 48.8 Å². The van der Waals surface area contributed by atoms with Crippen LogP contribution in [0.15, 0.2) is 82.8 Å². The normalized spacial score (nSPS) is 19.4. The van der Waals surface area contributed by atoms with Crippen LogP contribution in [0, 0.1) is 0 Å². The van der Waals surface area contributed by atoms with Gasteiger partial charge in [0.15, 0.2) is 0 Å². The second kappa shape index (κ2) is 9.03. The Morgan fingerprint density at radius 2 is 0.971 bits per heavy atom. The summed E-state index contributed by atoms with van der Waals surface area (Å²) >= 11 is 0. The van der Waals surface area contributed by atoms with Crippen molar-refractivity contribution in [3.63, 3.8) is 0 Å². The number of nitrogens with zero attached hydrogens (tertiary/aromatic N) is 2. The second-order valence-electron chi connectivity index (χ2n) is 8.45. The van der Waals surface area contributed by atoms with Crippen LogP contribution in [0.25, 0.3) is 21.8 Å². The van der Waals surface area contributed by atoms with Gasteiger partial charge < -0.3 is 0 Å². The second-order valence-corrected chi connectivity index (χ2v) is 11.8. The van der Waals surface area contributed by atoms with Gasteiger partial charge in [-0.1, -0.05) is 36.4 Å². The molecule has 34 heavy (non-hydrogen) atoms. The van der Waals surface area contributed by atoms with Crippen molar-refractivity contribution in [3.8, 4) is 0 Å². The van der Waals surface area contributed by atoms with E-state index in [1.807, 2.05) is 24.3 Å². The van der Waals surface area contributed by atoms with Crippen LogP contribution in [0.2, 0.25) is 0 Å². The Morgan fingerprint density at radius 3 is 1.38 bits per heavy atom. The molecule has 0 amide bonds. The molecule has 10 heteroatoms. The molecule has 1 aliphatic carbocycles. The molecule has 2 heterocycles. The van der Waals surface area contributed by atoms with Crippen LogP contribution in [-0.2, 0) is 20.0 Å². The number of benzene rings is 2. The molecular formula is C24H24N4O4S2. The monoisotopic (exact) mass is 496 g/mol. The quantitative estimate of drug-likeness (QED) is 0.423. The molecule has 2 aromatic heterocycles. The molecule has 0 saturated heterocycles. The van der Waals surface area contributed by atoms with Crippen LogP contribution in [0.4, 0.5) is 0 Å². The third-order valence-electron chi connectivity index (χ3n) is 6.14. The average molecular weight is 497 g/mol. The molecule has 176 valence electrons. The zero-order valence-electron chi connectivity index (χ0n) is 18.3. The van der Waals surface area contributed by atoms with Gasteiger partial charge in [0.1, 0.15) is 9.79 Å². The molecule has 4 aromatic rings. The van der Waals surface area contributed by atoms with E-state index in [4.69, 9.17) is 0 Å². The number of para-hydroxylation sites is 2. The summed E-state index contributed by atoms with van der Waals surface area (Å²) in [5, 5.41) is 1.51. The summed E-state index contributed by atoms with van der Waals surface area (Å²) in [6.07, 6.45) is 5.25. The first-order chi connectivity index (χ1) is 16.3. The molecule has 1 saturated carbocycles. The zero-order chi connectivity index (χ0) is 23.8. The lowest BCUT2D eigenvalue weighted by Gasteiger charge is -2.29. The fraction of sp³-hybridized carbons (Fsp3) is 0.250. The van der Waals surface area contributed by atoms with Crippen molar-refractivity contribution in [2.75, 3.05) is 0 Å². The minimum absolute atomic E-state index is 0.150. The van der Waals surface area contributed by atoms with Crippen LogP contribution in [0.3, 0.4) is 0 Å². The molecule has 8 nitrogen and oxygen atoms in total. The Labute approximate surface area is 198 Å². The van der Waals surface area contributed by atoms with Gasteiger partial charge in [0.05, 0.1) is 11.0 Å². The Kier molecular flexibility index (Phi) is 6.07. The summed E-state index contributed by atoms with van der Waals surface area (Å²) in [4.78, 5) is 8.78. The molecule has 0 spiro atoms. The molecule has 1 aliphatic rings. The van der Waals surface area contributed by atoms with Gasteiger partial charge in [-0.25, -0.2) is 26.3 Å². The SMILES string of the molecule is O=S(=O)(NC1CCC(NS(=O)(=O)c2cccc3cccnc23)CC1)c1cccc2cccnc12. The van der Waals surface area contributed by atoms with Gasteiger partial charge in [0.2, 0.25) is 20.0 Å². The van der Waals surface area contributed by atoms with E-state index >= 15 is 0 Å². The number of hydrogen-bond acceptors (Lipinski definition) is 6. The maximum absolute atomic E-state index is 13.1. The van der Waals surface area contributed by atoms with Gasteiger partial charge in [-0.05, 0) is 49.9 Å². The molecule has 0 atom stereocenters. The topological polar surface area (TPSA) is 118 Å². The van der Waals surface area contributed by atoms with E-state index in [0.717, 1.165) is 10.8 Å². The van der Waals surface area contributed by atoms with Crippen molar-refractivity contribution in [3.05, 3.63) is 73.1 Å². The van der Waals surface area contributed by atoms with E-state index in [9.17, 15) is 16.8 Å². The van der Waals surface area contributed by atoms with Crippen LogP contribution in [-0.4, -0.2) is 38.9 Å². The minimum Gasteiger partial charge on any atom is -0.255 e. The summed E-state index contributed by atoms with van der Waals surface area (Å²) in [5.41, 5.74) is 0.866. The van der Waals surface area contributed by atoms with Gasteiger partial charge in [-0.15, -0.1) is 0 Å². The first-order valence-corrected chi connectivity index (χ1v) is 14.0. The highest BCUT2D eigenvalue weighted by molar-refractivity contribution is 7.90. The number of pyridine rings is 2. The molecule has 1 fully saturated rings. The number of rotatable bonds is 6. The lowest BCUT2D eigenvalue weighted by Crippen LogP contribution is -2.43. The zero-order valence-corrected chi connectivity index (χ0v) is 19.9. The van der Waals surface area contributed by atoms with Crippen LogP contribution < -0.4 is 9.44 Å². The van der Waals surface area contributed by atoms with E-state index in [0.29, 0.717) is 36.7 Å². The molecular weight excluding hydrogens is 472 g/mol. The van der Waals surface area contributed by atoms with E-state index < -0.39 is 20.0 Å². The van der Waals surface area contributed by atoms with Crippen molar-refractivity contribution >= 4 is 41.9 Å². The summed E-state index contributed by atoms with van der Waals surface area (Å²) < 4.78 is 57.8. The number of aromatic nitrogens is 2. The summed E-state index contributed by atoms with van der Waals surface area (Å²) in [6, 6.07) is 16.8. The molecule has 0 unspecified atom stereocenters. The average Bonchev–Trinajstić information content (AvgIpc) is 2.84. The lowest BCUT2D eigenvalue weighted by molar-refractivity contribution is 0.356. The van der Waals surface area contributed by atoms with Crippen LogP contribution in [0.5, 0.6) is 0 Å². The predicted octanol–water partition coefficient (Wildman–Crippen LogP) is 3.35. The predicted molar refractivity (Wildman–Crippen MR) is 130 cm³/mol. The van der Waals surface area contributed by atoms with E-state index in [-0.39, 0.29) is 21.9 Å². The summed E-state index contributed by atoms with van der Waals surface area (Å²) in [7, 11) is -7.53. The molecule has 5 rings (SSSR count). The van der Waals surface area contributed by atoms with Crippen molar-refractivity contribution in [1.29, 1.82) is 0 Å². The van der Waals surface area contributed by atoms with E-state index in [1.165, 1.54) is 0 Å². The number of hydrogen-bond donors (Lipinski definition) is 2. The van der Waals surface area contributed by atoms with Crippen LogP contribution in [0.1, 0.15) is 25.7 Å². The molecule has 0 radical (unpaired) electrons. The fourth-order valence-corrected chi connectivity index (χ4v) is 7.45. The first-order valence-electron chi connectivity index (χ1n) is 11.1. The highest BCUT2D eigenvalue weighted by Crippen LogP contribution is 2.26. The number of fused-ring (bicyclic) bond motifs is 2. The van der Waals surface area contributed by atoms with Crippen LogP contribution >= 0.6 is 0 Å². The highest BCUT2D eigenvalue weighted by atomic mass is 32.2. The van der Waals surface area contributed by atoms with Crippen molar-refractivity contribution in [2.24, 2.45) is 0 Å². The first kappa shape index (κ1) is 22.9. The van der Waals surface area contributed by atoms with Crippen molar-refractivity contribution < 1.29 is 16.8 Å². The molecule has 0 aliphatic heterocycles. The molecule has 2 aromatic carbocycles. The van der Waals surface area contributed by atoms with Gasteiger partial charge in [-0.2, -0.15) is 0 Å². The largest absolute Gasteiger partial charge is 0.255 e. The number of nitrogens with one attached hydrogen (secondary N) is 2. The smallest absolute Gasteiger partial charge is 0.242 e. The maximum Gasteiger partial charge on any atom is 0.242 e. The van der Waals surface area contributed by atoms with E-state index in [2.05, 4.69) is 19.4 Å².